The van der Waals surface area contributed by atoms with Crippen LogP contribution in [0.3, 0.4) is 0 Å². The van der Waals surface area contributed by atoms with E-state index in [2.05, 4.69) is 9.88 Å². The van der Waals surface area contributed by atoms with Crippen molar-refractivity contribution >= 4 is 11.6 Å². The molecule has 1 atom stereocenters. The zero-order valence-electron chi connectivity index (χ0n) is 16.2. The molecule has 4 rings (SSSR count). The summed E-state index contributed by atoms with van der Waals surface area (Å²) in [5.74, 6) is -0.260. The summed E-state index contributed by atoms with van der Waals surface area (Å²) >= 11 is 0. The van der Waals surface area contributed by atoms with E-state index in [1.807, 2.05) is 18.3 Å². The van der Waals surface area contributed by atoms with Crippen LogP contribution in [-0.4, -0.2) is 67.1 Å². The summed E-state index contributed by atoms with van der Waals surface area (Å²) in [6, 6.07) is 3.93. The van der Waals surface area contributed by atoms with Gasteiger partial charge in [0.1, 0.15) is 5.60 Å². The van der Waals surface area contributed by atoms with Gasteiger partial charge in [0.05, 0.1) is 36.7 Å². The highest BCUT2D eigenvalue weighted by Gasteiger charge is 2.46. The lowest BCUT2D eigenvalue weighted by atomic mass is 9.79. The number of carbonyl (C=O) groups is 1. The van der Waals surface area contributed by atoms with Crippen molar-refractivity contribution in [3.63, 3.8) is 0 Å². The molecule has 0 aromatic carbocycles. The van der Waals surface area contributed by atoms with E-state index in [0.717, 1.165) is 25.2 Å². The van der Waals surface area contributed by atoms with Crippen LogP contribution in [0.2, 0.25) is 0 Å². The normalized spacial score (nSPS) is 26.5. The standard InChI is InChI=1S/C20H29N3O4/c1-22(2)18(24)15-5-10-23(14-15)16-3-4-17(21-13-16)19(25)6-8-20(9-7-19)26-11-12-27-20/h3-4,13,15,25H,5-12,14H2,1-2H3/t15-/m1/s1. The largest absolute Gasteiger partial charge is 0.384 e. The Morgan fingerprint density at radius 2 is 1.93 bits per heavy atom. The molecule has 3 fully saturated rings. The van der Waals surface area contributed by atoms with E-state index in [4.69, 9.17) is 9.47 Å². The van der Waals surface area contributed by atoms with Gasteiger partial charge < -0.3 is 24.4 Å². The molecule has 7 heteroatoms. The van der Waals surface area contributed by atoms with Crippen molar-refractivity contribution in [3.05, 3.63) is 24.0 Å². The van der Waals surface area contributed by atoms with Gasteiger partial charge in [0.15, 0.2) is 5.79 Å². The first-order valence-electron chi connectivity index (χ1n) is 9.84. The summed E-state index contributed by atoms with van der Waals surface area (Å²) in [7, 11) is 3.61. The Labute approximate surface area is 160 Å². The van der Waals surface area contributed by atoms with Crippen LogP contribution in [0.1, 0.15) is 37.8 Å². The van der Waals surface area contributed by atoms with Crippen LogP contribution < -0.4 is 4.90 Å². The number of carbonyl (C=O) groups excluding carboxylic acids is 1. The number of pyridine rings is 1. The molecular weight excluding hydrogens is 346 g/mol. The molecule has 2 saturated heterocycles. The van der Waals surface area contributed by atoms with Crippen LogP contribution in [0.5, 0.6) is 0 Å². The average Bonchev–Trinajstić information content (AvgIpc) is 3.34. The van der Waals surface area contributed by atoms with E-state index in [1.54, 1.807) is 19.0 Å². The van der Waals surface area contributed by atoms with Crippen molar-refractivity contribution in [2.24, 2.45) is 5.92 Å². The number of anilines is 1. The van der Waals surface area contributed by atoms with Crippen LogP contribution in [0.4, 0.5) is 5.69 Å². The summed E-state index contributed by atoms with van der Waals surface area (Å²) in [4.78, 5) is 20.6. The molecule has 0 bridgehead atoms. The first-order chi connectivity index (χ1) is 12.9. The van der Waals surface area contributed by atoms with Gasteiger partial charge >= 0.3 is 0 Å². The molecule has 1 spiro atoms. The van der Waals surface area contributed by atoms with Crippen molar-refractivity contribution in [1.82, 2.24) is 9.88 Å². The number of aliphatic hydroxyl groups is 1. The highest BCUT2D eigenvalue weighted by atomic mass is 16.7. The summed E-state index contributed by atoms with van der Waals surface area (Å²) in [5.41, 5.74) is 0.790. The third-order valence-corrected chi connectivity index (χ3v) is 6.22. The number of aromatic nitrogens is 1. The van der Waals surface area contributed by atoms with E-state index in [0.29, 0.717) is 44.6 Å². The molecule has 3 heterocycles. The van der Waals surface area contributed by atoms with Gasteiger partial charge in [0.25, 0.3) is 0 Å². The monoisotopic (exact) mass is 375 g/mol. The molecule has 3 aliphatic rings. The van der Waals surface area contributed by atoms with Crippen molar-refractivity contribution in [3.8, 4) is 0 Å². The molecular formula is C20H29N3O4. The van der Waals surface area contributed by atoms with Crippen LogP contribution >= 0.6 is 0 Å². The molecule has 2 aliphatic heterocycles. The highest BCUT2D eigenvalue weighted by molar-refractivity contribution is 5.79. The zero-order chi connectivity index (χ0) is 19.1. The molecule has 1 amide bonds. The maximum Gasteiger partial charge on any atom is 0.227 e. The predicted molar refractivity (Wildman–Crippen MR) is 100 cm³/mol. The lowest BCUT2D eigenvalue weighted by Gasteiger charge is -2.40. The fraction of sp³-hybridized carbons (Fsp3) is 0.700. The van der Waals surface area contributed by atoms with Gasteiger partial charge in [-0.05, 0) is 31.4 Å². The van der Waals surface area contributed by atoms with Gasteiger partial charge in [-0.1, -0.05) is 0 Å². The van der Waals surface area contributed by atoms with Crippen molar-refractivity contribution in [1.29, 1.82) is 0 Å². The molecule has 1 aliphatic carbocycles. The highest BCUT2D eigenvalue weighted by Crippen LogP contribution is 2.44. The van der Waals surface area contributed by atoms with E-state index >= 15 is 0 Å². The Balaban J connectivity index is 1.40. The van der Waals surface area contributed by atoms with Gasteiger partial charge in [-0.15, -0.1) is 0 Å². The average molecular weight is 375 g/mol. The van der Waals surface area contributed by atoms with Gasteiger partial charge in [0.2, 0.25) is 5.91 Å². The quantitative estimate of drug-likeness (QED) is 0.863. The topological polar surface area (TPSA) is 75.1 Å². The van der Waals surface area contributed by atoms with Crippen LogP contribution in [0, 0.1) is 5.92 Å². The maximum atomic E-state index is 12.2. The summed E-state index contributed by atoms with van der Waals surface area (Å²) in [6.07, 6.45) is 5.24. The minimum Gasteiger partial charge on any atom is -0.384 e. The molecule has 1 N–H and O–H groups in total. The predicted octanol–water partition coefficient (Wildman–Crippen LogP) is 1.50. The van der Waals surface area contributed by atoms with Crippen LogP contribution in [-0.2, 0) is 19.9 Å². The van der Waals surface area contributed by atoms with Crippen LogP contribution in [0.25, 0.3) is 0 Å². The van der Waals surface area contributed by atoms with Gasteiger partial charge in [0, 0.05) is 40.0 Å². The maximum absolute atomic E-state index is 12.2. The second-order valence-electron chi connectivity index (χ2n) is 8.21. The smallest absolute Gasteiger partial charge is 0.227 e. The van der Waals surface area contributed by atoms with Gasteiger partial charge in [-0.3, -0.25) is 9.78 Å². The molecule has 1 saturated carbocycles. The number of nitrogens with zero attached hydrogens (tertiary/aromatic N) is 3. The Kier molecular flexibility index (Phi) is 4.86. The third-order valence-electron chi connectivity index (χ3n) is 6.22. The summed E-state index contributed by atoms with van der Waals surface area (Å²) in [6.45, 7) is 2.85. The molecule has 0 unspecified atom stereocenters. The van der Waals surface area contributed by atoms with E-state index in [9.17, 15) is 9.90 Å². The van der Waals surface area contributed by atoms with Crippen molar-refractivity contribution < 1.29 is 19.4 Å². The first kappa shape index (κ1) is 18.7. The molecule has 7 nitrogen and oxygen atoms in total. The Morgan fingerprint density at radius 1 is 1.22 bits per heavy atom. The Morgan fingerprint density at radius 3 is 2.52 bits per heavy atom. The molecule has 1 aromatic heterocycles. The minimum absolute atomic E-state index is 0.0461. The summed E-state index contributed by atoms with van der Waals surface area (Å²) in [5, 5.41) is 11.1. The second kappa shape index (κ2) is 7.04. The van der Waals surface area contributed by atoms with Gasteiger partial charge in [-0.2, -0.15) is 0 Å². The summed E-state index contributed by atoms with van der Waals surface area (Å²) < 4.78 is 11.5. The fourth-order valence-electron chi connectivity index (χ4n) is 4.50. The van der Waals surface area contributed by atoms with E-state index < -0.39 is 11.4 Å². The van der Waals surface area contributed by atoms with Crippen LogP contribution in [0.15, 0.2) is 18.3 Å². The number of amides is 1. The number of rotatable bonds is 3. The van der Waals surface area contributed by atoms with Gasteiger partial charge in [-0.25, -0.2) is 0 Å². The fourth-order valence-corrected chi connectivity index (χ4v) is 4.50. The van der Waals surface area contributed by atoms with Crippen molar-refractivity contribution in [2.45, 2.75) is 43.5 Å². The zero-order valence-corrected chi connectivity index (χ0v) is 16.2. The Bertz CT molecular complexity index is 675. The van der Waals surface area contributed by atoms with E-state index in [1.165, 1.54) is 0 Å². The van der Waals surface area contributed by atoms with E-state index in [-0.39, 0.29) is 11.8 Å². The number of hydrogen-bond acceptors (Lipinski definition) is 6. The molecule has 1 aromatic rings. The second-order valence-corrected chi connectivity index (χ2v) is 8.21. The lowest BCUT2D eigenvalue weighted by Crippen LogP contribution is -2.42. The third kappa shape index (κ3) is 3.56. The molecule has 148 valence electrons. The SMILES string of the molecule is CN(C)C(=O)[C@@H]1CCN(c2ccc(C3(O)CCC4(CC3)OCCO4)nc2)C1. The minimum atomic E-state index is -0.923. The first-order valence-corrected chi connectivity index (χ1v) is 9.84. The number of hydrogen-bond donors (Lipinski definition) is 1. The number of ether oxygens (including phenoxy) is 2. The molecule has 0 radical (unpaired) electrons. The van der Waals surface area contributed by atoms with Crippen molar-refractivity contribution in [2.75, 3.05) is 45.3 Å². The Hall–Kier alpha value is -1.70. The molecule has 27 heavy (non-hydrogen) atoms. The lowest BCUT2D eigenvalue weighted by molar-refractivity contribution is -0.204.